The Kier molecular flexibility index (Phi) is 3.28. The van der Waals surface area contributed by atoms with Crippen molar-refractivity contribution >= 4 is 31.9 Å². The lowest BCUT2D eigenvalue weighted by atomic mass is 10.2. The molecule has 11 heavy (non-hydrogen) atoms. The molecule has 0 saturated carbocycles. The first kappa shape index (κ1) is 9.86. The van der Waals surface area contributed by atoms with Gasteiger partial charge in [0.15, 0.2) is 0 Å². The summed E-state index contributed by atoms with van der Waals surface area (Å²) >= 11 is 5.47. The fourth-order valence-corrected chi connectivity index (χ4v) is 1.87. The Morgan fingerprint density at radius 3 is 2.36 bits per heavy atom. The minimum atomic E-state index is -2.87. The van der Waals surface area contributed by atoms with Gasteiger partial charge in [-0.05, 0) is 28.8 Å². The number of ether oxygens (including phenoxy) is 1. The maximum Gasteiger partial charge on any atom is 0.326 e. The summed E-state index contributed by atoms with van der Waals surface area (Å²) in [5.74, 6) is 0. The summed E-state index contributed by atoms with van der Waals surface area (Å²) in [6.45, 7) is 0. The van der Waals surface area contributed by atoms with E-state index in [0.29, 0.717) is 18.2 Å². The number of halogens is 4. The van der Waals surface area contributed by atoms with Crippen LogP contribution in [0.4, 0.5) is 8.78 Å². The molecule has 0 aliphatic carbocycles. The molecule has 0 bridgehead atoms. The van der Waals surface area contributed by atoms with E-state index in [1.807, 2.05) is 0 Å². The lowest BCUT2D eigenvalue weighted by Gasteiger charge is -2.16. The maximum absolute atomic E-state index is 12.5. The van der Waals surface area contributed by atoms with Gasteiger partial charge in [-0.1, -0.05) is 15.9 Å². The maximum atomic E-state index is 12.5. The van der Waals surface area contributed by atoms with E-state index < -0.39 is 10.9 Å². The fraction of sp³-hybridized carbons (Fsp3) is 1.00. The summed E-state index contributed by atoms with van der Waals surface area (Å²) in [6.07, 6.45) is 0.125. The second kappa shape index (κ2) is 3.66. The van der Waals surface area contributed by atoms with Gasteiger partial charge in [0.25, 0.3) is 0 Å². The predicted molar refractivity (Wildman–Crippen MR) is 45.6 cm³/mol. The molecule has 0 aromatic rings. The van der Waals surface area contributed by atoms with Crippen LogP contribution in [0.1, 0.15) is 12.8 Å². The van der Waals surface area contributed by atoms with E-state index in [1.165, 1.54) is 0 Å². The lowest BCUT2D eigenvalue weighted by Crippen LogP contribution is -2.27. The third-order valence-corrected chi connectivity index (χ3v) is 2.88. The monoisotopic (exact) mass is 292 g/mol. The molecule has 1 fully saturated rings. The zero-order chi connectivity index (χ0) is 8.48. The molecule has 0 aromatic carbocycles. The third kappa shape index (κ3) is 2.63. The second-order valence-electron chi connectivity index (χ2n) is 2.52. The Bertz CT molecular complexity index is 137. The third-order valence-electron chi connectivity index (χ3n) is 1.64. The SMILES string of the molecule is FC(F)(Br)C1CCC(CBr)O1. The van der Waals surface area contributed by atoms with E-state index in [0.717, 1.165) is 0 Å². The van der Waals surface area contributed by atoms with Crippen LogP contribution < -0.4 is 0 Å². The highest BCUT2D eigenvalue weighted by Gasteiger charge is 2.42. The molecule has 0 spiro atoms. The van der Waals surface area contributed by atoms with Crippen molar-refractivity contribution in [2.45, 2.75) is 29.9 Å². The van der Waals surface area contributed by atoms with Gasteiger partial charge in [0.05, 0.1) is 6.10 Å². The smallest absolute Gasteiger partial charge is 0.326 e. The molecule has 66 valence electrons. The molecule has 5 heteroatoms. The number of rotatable bonds is 2. The summed E-state index contributed by atoms with van der Waals surface area (Å²) in [5, 5.41) is 0.632. The van der Waals surface area contributed by atoms with E-state index in [4.69, 9.17) is 4.74 Å². The Hall–Kier alpha value is 0.780. The van der Waals surface area contributed by atoms with Crippen LogP contribution in [0.3, 0.4) is 0 Å². The largest absolute Gasteiger partial charge is 0.367 e. The highest BCUT2D eigenvalue weighted by molar-refractivity contribution is 9.10. The van der Waals surface area contributed by atoms with Gasteiger partial charge in [0.2, 0.25) is 0 Å². The molecule has 2 unspecified atom stereocenters. The Morgan fingerprint density at radius 2 is 2.09 bits per heavy atom. The normalized spacial score (nSPS) is 32.7. The van der Waals surface area contributed by atoms with Crippen LogP contribution in [0.5, 0.6) is 0 Å². The first-order valence-electron chi connectivity index (χ1n) is 3.32. The average molecular weight is 294 g/mol. The number of hydrogen-bond acceptors (Lipinski definition) is 1. The zero-order valence-electron chi connectivity index (χ0n) is 5.70. The minimum absolute atomic E-state index is 0.0524. The summed E-state index contributed by atoms with van der Waals surface area (Å²) in [4.78, 5) is -2.87. The summed E-state index contributed by atoms with van der Waals surface area (Å²) in [7, 11) is 0. The van der Waals surface area contributed by atoms with Crippen LogP contribution in [-0.4, -0.2) is 22.4 Å². The van der Waals surface area contributed by atoms with E-state index >= 15 is 0 Å². The highest BCUT2D eigenvalue weighted by Crippen LogP contribution is 2.36. The van der Waals surface area contributed by atoms with Crippen molar-refractivity contribution in [3.8, 4) is 0 Å². The van der Waals surface area contributed by atoms with Gasteiger partial charge in [0, 0.05) is 5.33 Å². The molecule has 1 rings (SSSR count). The predicted octanol–water partition coefficient (Wildman–Crippen LogP) is 2.92. The molecule has 0 amide bonds. The first-order valence-corrected chi connectivity index (χ1v) is 5.23. The molecule has 0 aromatic heterocycles. The van der Waals surface area contributed by atoms with Crippen LogP contribution >= 0.6 is 31.9 Å². The Labute approximate surface area is 80.7 Å². The highest BCUT2D eigenvalue weighted by atomic mass is 79.9. The molecule has 1 nitrogen and oxygen atoms in total. The lowest BCUT2D eigenvalue weighted by molar-refractivity contribution is -0.0622. The first-order chi connectivity index (χ1) is 5.04. The van der Waals surface area contributed by atoms with Crippen LogP contribution in [0, 0.1) is 0 Å². The van der Waals surface area contributed by atoms with Crippen molar-refractivity contribution in [1.29, 1.82) is 0 Å². The Balaban J connectivity index is 2.42. The zero-order valence-corrected chi connectivity index (χ0v) is 8.87. The van der Waals surface area contributed by atoms with E-state index in [1.54, 1.807) is 0 Å². The fourth-order valence-electron chi connectivity index (χ4n) is 1.06. The topological polar surface area (TPSA) is 9.23 Å². The molecule has 1 heterocycles. The minimum Gasteiger partial charge on any atom is -0.367 e. The summed E-state index contributed by atoms with van der Waals surface area (Å²) in [5.41, 5.74) is 0. The van der Waals surface area contributed by atoms with E-state index in [-0.39, 0.29) is 6.10 Å². The molecular weight excluding hydrogens is 286 g/mol. The van der Waals surface area contributed by atoms with Gasteiger partial charge in [-0.25, -0.2) is 0 Å². The molecule has 0 N–H and O–H groups in total. The van der Waals surface area contributed by atoms with Crippen LogP contribution in [0.25, 0.3) is 0 Å². The van der Waals surface area contributed by atoms with Crippen molar-refractivity contribution in [3.63, 3.8) is 0 Å². The van der Waals surface area contributed by atoms with Crippen LogP contribution in [0.2, 0.25) is 0 Å². The van der Waals surface area contributed by atoms with Crippen LogP contribution in [-0.2, 0) is 4.74 Å². The number of hydrogen-bond donors (Lipinski definition) is 0. The molecule has 1 aliphatic heterocycles. The van der Waals surface area contributed by atoms with Crippen molar-refractivity contribution in [3.05, 3.63) is 0 Å². The summed E-state index contributed by atoms with van der Waals surface area (Å²) < 4.78 is 30.1. The van der Waals surface area contributed by atoms with Gasteiger partial charge in [-0.3, -0.25) is 0 Å². The number of alkyl halides is 4. The van der Waals surface area contributed by atoms with Gasteiger partial charge >= 0.3 is 4.83 Å². The molecule has 1 saturated heterocycles. The van der Waals surface area contributed by atoms with E-state index in [2.05, 4.69) is 31.9 Å². The average Bonchev–Trinajstić information content (AvgIpc) is 2.32. The standard InChI is InChI=1S/C6H8Br2F2O/c7-3-4-1-2-5(11-4)6(8,9)10/h4-5H,1-3H2. The van der Waals surface area contributed by atoms with Crippen molar-refractivity contribution in [2.75, 3.05) is 5.33 Å². The van der Waals surface area contributed by atoms with Crippen LogP contribution in [0.15, 0.2) is 0 Å². The molecular formula is C6H8Br2F2O. The quantitative estimate of drug-likeness (QED) is 0.712. The van der Waals surface area contributed by atoms with Gasteiger partial charge in [-0.2, -0.15) is 8.78 Å². The Morgan fingerprint density at radius 1 is 1.45 bits per heavy atom. The van der Waals surface area contributed by atoms with Gasteiger partial charge in [-0.15, -0.1) is 0 Å². The van der Waals surface area contributed by atoms with Gasteiger partial charge < -0.3 is 4.74 Å². The molecule has 0 radical (unpaired) electrons. The van der Waals surface area contributed by atoms with Crippen molar-refractivity contribution < 1.29 is 13.5 Å². The molecule has 1 aliphatic rings. The van der Waals surface area contributed by atoms with Crippen molar-refractivity contribution in [1.82, 2.24) is 0 Å². The van der Waals surface area contributed by atoms with E-state index in [9.17, 15) is 8.78 Å². The second-order valence-corrected chi connectivity index (χ2v) is 4.22. The summed E-state index contributed by atoms with van der Waals surface area (Å²) in [6, 6.07) is 0. The van der Waals surface area contributed by atoms with Crippen molar-refractivity contribution in [2.24, 2.45) is 0 Å². The van der Waals surface area contributed by atoms with Gasteiger partial charge in [0.1, 0.15) is 6.10 Å². The molecule has 2 atom stereocenters.